The third kappa shape index (κ3) is 4.31. The van der Waals surface area contributed by atoms with Crippen LogP contribution in [0.25, 0.3) is 22.0 Å². The molecule has 0 aliphatic heterocycles. The van der Waals surface area contributed by atoms with E-state index in [-0.39, 0.29) is 40.9 Å². The fourth-order valence-electron chi connectivity index (χ4n) is 9.84. The van der Waals surface area contributed by atoms with Crippen LogP contribution in [0.3, 0.4) is 0 Å². The zero-order chi connectivity index (χ0) is 30.2. The van der Waals surface area contributed by atoms with Crippen molar-refractivity contribution in [3.8, 4) is 5.19 Å². The van der Waals surface area contributed by atoms with Gasteiger partial charge in [0.1, 0.15) is 12.4 Å². The minimum Gasteiger partial charge on any atom is -0.462 e. The molecule has 3 saturated carbocycles. The minimum absolute atomic E-state index is 0.0308. The molecule has 6 nitrogen and oxygen atoms in total. The van der Waals surface area contributed by atoms with Crippen molar-refractivity contribution in [3.05, 3.63) is 77.4 Å². The van der Waals surface area contributed by atoms with Gasteiger partial charge in [-0.05, 0) is 109 Å². The molecule has 44 heavy (non-hydrogen) atoms. The minimum atomic E-state index is -0.479. The van der Waals surface area contributed by atoms with Crippen molar-refractivity contribution in [3.63, 3.8) is 0 Å². The number of rotatable bonds is 5. The number of aliphatic hydroxyl groups excluding tert-OH is 1. The Morgan fingerprint density at radius 3 is 2.93 bits per heavy atom. The van der Waals surface area contributed by atoms with Gasteiger partial charge in [-0.25, -0.2) is 14.1 Å². The van der Waals surface area contributed by atoms with Crippen LogP contribution in [0.1, 0.15) is 63.6 Å². The molecule has 5 aliphatic rings. The number of ether oxygens (including phenoxy) is 1. The molecule has 1 N–H and O–H groups in total. The van der Waals surface area contributed by atoms with Crippen molar-refractivity contribution >= 4 is 39.1 Å². The maximum absolute atomic E-state index is 13.8. The summed E-state index contributed by atoms with van der Waals surface area (Å²) in [6.45, 7) is 4.63. The number of fused-ring (bicyclic) bond motifs is 7. The van der Waals surface area contributed by atoms with Crippen LogP contribution in [0, 0.1) is 34.5 Å². The molecule has 0 spiro atoms. The quantitative estimate of drug-likeness (QED) is 0.322. The fraction of sp³-hybridized carbons (Fsp3) is 0.472. The zero-order valence-electron chi connectivity index (χ0n) is 25.2. The summed E-state index contributed by atoms with van der Waals surface area (Å²) in [5.74, 6) is 0.684. The Morgan fingerprint density at radius 1 is 1.20 bits per heavy atom. The van der Waals surface area contributed by atoms with Crippen LogP contribution in [0.15, 0.2) is 66.2 Å². The number of nitrogens with zero attached hydrogens (tertiary/aromatic N) is 3. The van der Waals surface area contributed by atoms with E-state index in [1.807, 2.05) is 47.3 Å². The van der Waals surface area contributed by atoms with Crippen LogP contribution in [-0.2, 0) is 11.2 Å². The number of para-hydroxylation sites is 1. The maximum atomic E-state index is 13.8. The molecule has 8 rings (SSSR count). The van der Waals surface area contributed by atoms with Gasteiger partial charge in [0.25, 0.3) is 5.19 Å². The molecule has 3 fully saturated rings. The average molecular weight is 612 g/mol. The molecule has 0 amide bonds. The Kier molecular flexibility index (Phi) is 6.61. The first-order chi connectivity index (χ1) is 21.2. The van der Waals surface area contributed by atoms with Crippen LogP contribution >= 0.6 is 11.3 Å². The number of hydrogen-bond donors (Lipinski definition) is 1. The van der Waals surface area contributed by atoms with Gasteiger partial charge in [-0.1, -0.05) is 49.0 Å². The molecule has 8 heteroatoms. The molecule has 0 bridgehead atoms. The Balaban J connectivity index is 1.02. The van der Waals surface area contributed by atoms with Crippen LogP contribution in [-0.4, -0.2) is 38.4 Å². The molecule has 2 aromatic heterocycles. The van der Waals surface area contributed by atoms with E-state index in [0.717, 1.165) is 53.7 Å². The van der Waals surface area contributed by atoms with Crippen molar-refractivity contribution in [2.45, 2.75) is 64.9 Å². The van der Waals surface area contributed by atoms with Gasteiger partial charge in [-0.15, -0.1) is 0 Å². The van der Waals surface area contributed by atoms with E-state index < -0.39 is 6.10 Å². The molecule has 2 heterocycles. The SMILES string of the molecule is CC12Cc3cnn(C4=CC=C(F)C=CC4)c3C=C1CCC1C2C(O)CC2(C)C(C(=O)COc3nc4ccccc4s3)CCC12. The summed E-state index contributed by atoms with van der Waals surface area (Å²) >= 11 is 1.47. The third-order valence-corrected chi connectivity index (χ3v) is 12.7. The summed E-state index contributed by atoms with van der Waals surface area (Å²) in [7, 11) is 0. The first-order valence-electron chi connectivity index (χ1n) is 15.9. The van der Waals surface area contributed by atoms with Crippen LogP contribution < -0.4 is 4.74 Å². The van der Waals surface area contributed by atoms with Gasteiger partial charge in [0.2, 0.25) is 0 Å². The number of benzene rings is 1. The lowest BCUT2D eigenvalue weighted by molar-refractivity contribution is -0.143. The van der Waals surface area contributed by atoms with Crippen LogP contribution in [0.5, 0.6) is 5.19 Å². The predicted octanol–water partition coefficient (Wildman–Crippen LogP) is 7.56. The number of allylic oxidation sites excluding steroid dienone is 7. The Morgan fingerprint density at radius 2 is 2.07 bits per heavy atom. The van der Waals surface area contributed by atoms with Gasteiger partial charge >= 0.3 is 0 Å². The number of hydrogen-bond acceptors (Lipinski definition) is 6. The van der Waals surface area contributed by atoms with Crippen LogP contribution in [0.4, 0.5) is 4.39 Å². The molecule has 5 aliphatic carbocycles. The van der Waals surface area contributed by atoms with E-state index in [2.05, 4.69) is 24.9 Å². The van der Waals surface area contributed by atoms with Gasteiger partial charge in [-0.2, -0.15) is 5.10 Å². The monoisotopic (exact) mass is 611 g/mol. The molecule has 1 aromatic carbocycles. The highest BCUT2D eigenvalue weighted by molar-refractivity contribution is 7.20. The van der Waals surface area contributed by atoms with Gasteiger partial charge < -0.3 is 9.84 Å². The largest absolute Gasteiger partial charge is 0.462 e. The van der Waals surface area contributed by atoms with Gasteiger partial charge in [0, 0.05) is 18.0 Å². The van der Waals surface area contributed by atoms with Gasteiger partial charge in [0.15, 0.2) is 5.78 Å². The van der Waals surface area contributed by atoms with Gasteiger partial charge in [-0.3, -0.25) is 4.79 Å². The summed E-state index contributed by atoms with van der Waals surface area (Å²) in [6, 6.07) is 7.91. The van der Waals surface area contributed by atoms with Crippen molar-refractivity contribution in [1.29, 1.82) is 0 Å². The molecular formula is C36H38FN3O3S. The smallest absolute Gasteiger partial charge is 0.274 e. The predicted molar refractivity (Wildman–Crippen MR) is 171 cm³/mol. The number of ketones is 1. The molecule has 0 saturated heterocycles. The van der Waals surface area contributed by atoms with Crippen molar-refractivity contribution in [2.75, 3.05) is 6.61 Å². The number of thiazole rings is 1. The molecular weight excluding hydrogens is 573 g/mol. The fourth-order valence-corrected chi connectivity index (χ4v) is 10.7. The lowest BCUT2D eigenvalue weighted by Gasteiger charge is -2.59. The number of aromatic nitrogens is 3. The standard InChI is InChI=1S/C36H38FN3O3S/c1-35-17-21-19-38-40(24-7-5-6-23(37)11-12-24)29(21)16-22(35)10-13-25-26-14-15-27(36(26,2)18-30(41)33(25)35)31(42)20-43-34-39-28-8-3-4-9-32(28)44-34/h3-6,8-9,11-12,16,19,25-27,30,33,41H,7,10,13-15,17-18,20H2,1-2H3. The second-order valence-corrected chi connectivity index (χ2v) is 15.0. The highest BCUT2D eigenvalue weighted by Gasteiger charge is 2.63. The number of aliphatic hydroxyl groups is 1. The topological polar surface area (TPSA) is 77.2 Å². The molecule has 3 aromatic rings. The van der Waals surface area contributed by atoms with Crippen LogP contribution in [0.2, 0.25) is 0 Å². The molecule has 228 valence electrons. The van der Waals surface area contributed by atoms with E-state index in [9.17, 15) is 14.3 Å². The molecule has 7 atom stereocenters. The summed E-state index contributed by atoms with van der Waals surface area (Å²) in [5.41, 5.74) is 5.10. The number of Topliss-reactive ketones (excluding diaryl/α,β-unsaturated/α-hetero) is 1. The van der Waals surface area contributed by atoms with E-state index in [1.165, 1.54) is 34.6 Å². The lowest BCUT2D eigenvalue weighted by Crippen LogP contribution is -2.57. The summed E-state index contributed by atoms with van der Waals surface area (Å²) in [4.78, 5) is 18.2. The second-order valence-electron chi connectivity index (χ2n) is 14.0. The second kappa shape index (κ2) is 10.3. The third-order valence-electron chi connectivity index (χ3n) is 11.7. The Hall–Kier alpha value is -3.36. The lowest BCUT2D eigenvalue weighted by atomic mass is 9.46. The van der Waals surface area contributed by atoms with E-state index in [4.69, 9.17) is 9.84 Å². The molecule has 7 unspecified atom stereocenters. The zero-order valence-corrected chi connectivity index (χ0v) is 26.0. The normalized spacial score (nSPS) is 34.2. The summed E-state index contributed by atoms with van der Waals surface area (Å²) in [6.07, 6.45) is 16.4. The highest BCUT2D eigenvalue weighted by atomic mass is 32.1. The van der Waals surface area contributed by atoms with Crippen molar-refractivity contribution < 1.29 is 19.0 Å². The van der Waals surface area contributed by atoms with Gasteiger partial charge in [0.05, 0.1) is 28.2 Å². The van der Waals surface area contributed by atoms with E-state index in [0.29, 0.717) is 29.9 Å². The Bertz CT molecular complexity index is 1750. The number of carbonyl (C=O) groups excluding carboxylic acids is 1. The Labute approximate surface area is 261 Å². The van der Waals surface area contributed by atoms with E-state index in [1.54, 1.807) is 0 Å². The maximum Gasteiger partial charge on any atom is 0.274 e. The van der Waals surface area contributed by atoms with Crippen molar-refractivity contribution in [1.82, 2.24) is 14.8 Å². The summed E-state index contributed by atoms with van der Waals surface area (Å²) < 4.78 is 22.8. The molecule has 0 radical (unpaired) electrons. The highest BCUT2D eigenvalue weighted by Crippen LogP contribution is 2.66. The van der Waals surface area contributed by atoms with Crippen molar-refractivity contribution in [2.24, 2.45) is 34.5 Å². The number of carbonyl (C=O) groups is 1. The summed E-state index contributed by atoms with van der Waals surface area (Å²) in [5, 5.41) is 17.3. The van der Waals surface area contributed by atoms with E-state index >= 15 is 0 Å². The first-order valence-corrected chi connectivity index (χ1v) is 16.8. The number of halogens is 1. The first kappa shape index (κ1) is 28.1. The average Bonchev–Trinajstić information content (AvgIpc) is 3.65.